The molecule has 3 aromatic rings. The molecule has 0 radical (unpaired) electrons. The lowest BCUT2D eigenvalue weighted by Crippen LogP contribution is -2.55. The average Bonchev–Trinajstić information content (AvgIpc) is 2.71. The number of anilines is 1. The van der Waals surface area contributed by atoms with E-state index < -0.39 is 11.5 Å². The molecular weight excluding hydrogens is 379 g/mol. The fourth-order valence-corrected chi connectivity index (χ4v) is 4.18. The summed E-state index contributed by atoms with van der Waals surface area (Å²) >= 11 is 6.05. The van der Waals surface area contributed by atoms with Gasteiger partial charge in [-0.1, -0.05) is 23.7 Å². The van der Waals surface area contributed by atoms with E-state index in [0.717, 1.165) is 22.3 Å². The van der Waals surface area contributed by atoms with Gasteiger partial charge in [-0.3, -0.25) is 0 Å². The summed E-state index contributed by atoms with van der Waals surface area (Å²) in [4.78, 5) is 6.84. The molecule has 0 amide bonds. The van der Waals surface area contributed by atoms with Crippen LogP contribution in [0.5, 0.6) is 0 Å². The molecule has 146 valence electrons. The highest BCUT2D eigenvalue weighted by molar-refractivity contribution is 6.31. The van der Waals surface area contributed by atoms with Gasteiger partial charge in [0.25, 0.3) is 0 Å². The van der Waals surface area contributed by atoms with E-state index in [4.69, 9.17) is 16.6 Å². The van der Waals surface area contributed by atoms with Gasteiger partial charge >= 0.3 is 0 Å². The molecule has 1 aliphatic rings. The smallest absolute Gasteiger partial charge is 0.129 e. The lowest BCUT2D eigenvalue weighted by atomic mass is 9.73. The van der Waals surface area contributed by atoms with E-state index in [9.17, 15) is 14.6 Å². The minimum atomic E-state index is -0.729. The van der Waals surface area contributed by atoms with Crippen molar-refractivity contribution in [2.24, 2.45) is 5.41 Å². The van der Waals surface area contributed by atoms with Crippen LogP contribution in [0, 0.1) is 11.2 Å². The molecule has 4 nitrogen and oxygen atoms in total. The van der Waals surface area contributed by atoms with Crippen molar-refractivity contribution in [1.82, 2.24) is 4.98 Å². The predicted octanol–water partition coefficient (Wildman–Crippen LogP) is 3.82. The van der Waals surface area contributed by atoms with E-state index >= 15 is 0 Å². The van der Waals surface area contributed by atoms with Crippen LogP contribution in [-0.4, -0.2) is 41.0 Å². The molecular formula is C22H22ClFN2O2. The van der Waals surface area contributed by atoms with Crippen LogP contribution in [0.15, 0.2) is 54.6 Å². The van der Waals surface area contributed by atoms with Gasteiger partial charge in [-0.25, -0.2) is 9.37 Å². The minimum Gasteiger partial charge on any atom is -0.396 e. The number of piperidine rings is 1. The second kappa shape index (κ2) is 7.66. The molecule has 0 bridgehead atoms. The number of nitrogens with zero attached hydrogens (tertiary/aromatic N) is 2. The quantitative estimate of drug-likeness (QED) is 0.699. The molecule has 0 spiro atoms. The van der Waals surface area contributed by atoms with Gasteiger partial charge in [0.15, 0.2) is 0 Å². The fourth-order valence-electron chi connectivity index (χ4n) is 4.00. The number of halogens is 2. The van der Waals surface area contributed by atoms with Crippen LogP contribution in [0.1, 0.15) is 12.0 Å². The van der Waals surface area contributed by atoms with Crippen LogP contribution < -0.4 is 4.90 Å². The Morgan fingerprint density at radius 2 is 1.93 bits per heavy atom. The summed E-state index contributed by atoms with van der Waals surface area (Å²) in [6.45, 7) is 0.956. The Morgan fingerprint density at radius 1 is 1.14 bits per heavy atom. The van der Waals surface area contributed by atoms with E-state index in [1.54, 1.807) is 12.1 Å². The van der Waals surface area contributed by atoms with Gasteiger partial charge in [-0.2, -0.15) is 0 Å². The van der Waals surface area contributed by atoms with Crippen molar-refractivity contribution < 1.29 is 14.6 Å². The van der Waals surface area contributed by atoms with Crippen LogP contribution in [0.25, 0.3) is 10.9 Å². The van der Waals surface area contributed by atoms with Crippen molar-refractivity contribution in [3.05, 3.63) is 71.0 Å². The van der Waals surface area contributed by atoms with Crippen molar-refractivity contribution in [3.8, 4) is 0 Å². The molecule has 2 N–H and O–H groups in total. The Bertz CT molecular complexity index is 982. The number of aliphatic hydroxyl groups excluding tert-OH is 2. The number of aliphatic hydroxyl groups is 2. The maximum Gasteiger partial charge on any atom is 0.129 e. The van der Waals surface area contributed by atoms with Gasteiger partial charge in [0.2, 0.25) is 0 Å². The van der Waals surface area contributed by atoms with Crippen LogP contribution in [-0.2, 0) is 6.42 Å². The summed E-state index contributed by atoms with van der Waals surface area (Å²) in [5.74, 6) is 0.506. The highest BCUT2D eigenvalue weighted by atomic mass is 35.5. The maximum atomic E-state index is 13.2. The van der Waals surface area contributed by atoms with Crippen LogP contribution in [0.2, 0.25) is 5.02 Å². The van der Waals surface area contributed by atoms with Crippen molar-refractivity contribution >= 4 is 28.3 Å². The third-order valence-electron chi connectivity index (χ3n) is 5.63. The normalized spacial score (nSPS) is 22.6. The average molecular weight is 401 g/mol. The topological polar surface area (TPSA) is 56.6 Å². The molecule has 0 saturated carbocycles. The van der Waals surface area contributed by atoms with Crippen LogP contribution in [0.3, 0.4) is 0 Å². The Balaban J connectivity index is 1.62. The van der Waals surface area contributed by atoms with Crippen molar-refractivity contribution in [3.63, 3.8) is 0 Å². The Labute approximate surface area is 168 Å². The van der Waals surface area contributed by atoms with Gasteiger partial charge in [-0.15, -0.1) is 0 Å². The standard InChI is InChI=1S/C22H22ClFN2O2/c23-17-4-7-19-16(11-17)3-8-21(25-19)26-10-9-20(28)22(13-26,14-27)12-15-1-5-18(24)6-2-15/h1-8,11,20,27-28H,9-10,12-14H2/t20-,22-/m0/s1. The van der Waals surface area contributed by atoms with Gasteiger partial charge in [-0.05, 0) is 60.9 Å². The Kier molecular flexibility index (Phi) is 5.23. The fraction of sp³-hybridized carbons (Fsp3) is 0.318. The van der Waals surface area contributed by atoms with Crippen molar-refractivity contribution in [2.45, 2.75) is 18.9 Å². The summed E-state index contributed by atoms with van der Waals surface area (Å²) in [7, 11) is 0. The summed E-state index contributed by atoms with van der Waals surface area (Å²) in [5.41, 5.74) is 1.01. The van der Waals surface area contributed by atoms with E-state index in [-0.39, 0.29) is 12.4 Å². The molecule has 1 aromatic heterocycles. The second-order valence-corrected chi connectivity index (χ2v) is 7.99. The molecule has 4 rings (SSSR count). The number of fused-ring (bicyclic) bond motifs is 1. The van der Waals surface area contributed by atoms with Gasteiger partial charge < -0.3 is 15.1 Å². The molecule has 1 fully saturated rings. The molecule has 6 heteroatoms. The lowest BCUT2D eigenvalue weighted by Gasteiger charge is -2.46. The van der Waals surface area contributed by atoms with Crippen molar-refractivity contribution in [2.75, 3.05) is 24.6 Å². The summed E-state index contributed by atoms with van der Waals surface area (Å²) in [6.07, 6.45) is 0.352. The molecule has 0 aliphatic carbocycles. The highest BCUT2D eigenvalue weighted by Crippen LogP contribution is 2.36. The van der Waals surface area contributed by atoms with E-state index in [1.807, 2.05) is 30.3 Å². The number of pyridine rings is 1. The van der Waals surface area contributed by atoms with Crippen LogP contribution in [0.4, 0.5) is 10.2 Å². The molecule has 1 aliphatic heterocycles. The minimum absolute atomic E-state index is 0.161. The summed E-state index contributed by atoms with van der Waals surface area (Å²) in [6, 6.07) is 15.7. The molecule has 2 atom stereocenters. The number of hydrogen-bond donors (Lipinski definition) is 2. The zero-order valence-corrected chi connectivity index (χ0v) is 16.1. The van der Waals surface area contributed by atoms with Gasteiger partial charge in [0, 0.05) is 28.9 Å². The molecule has 1 saturated heterocycles. The van der Waals surface area contributed by atoms with E-state index in [2.05, 4.69) is 4.90 Å². The van der Waals surface area contributed by atoms with Crippen LogP contribution >= 0.6 is 11.6 Å². The maximum absolute atomic E-state index is 13.2. The Morgan fingerprint density at radius 3 is 2.68 bits per heavy atom. The second-order valence-electron chi connectivity index (χ2n) is 7.56. The van der Waals surface area contributed by atoms with E-state index in [1.165, 1.54) is 12.1 Å². The first-order valence-corrected chi connectivity index (χ1v) is 9.71. The largest absolute Gasteiger partial charge is 0.396 e. The summed E-state index contributed by atoms with van der Waals surface area (Å²) in [5, 5.41) is 22.5. The van der Waals surface area contributed by atoms with Crippen molar-refractivity contribution in [1.29, 1.82) is 0 Å². The molecule has 2 aromatic carbocycles. The van der Waals surface area contributed by atoms with E-state index in [0.29, 0.717) is 31.0 Å². The van der Waals surface area contributed by atoms with Gasteiger partial charge in [0.1, 0.15) is 11.6 Å². The first-order valence-electron chi connectivity index (χ1n) is 9.34. The number of benzene rings is 2. The molecule has 0 unspecified atom stereocenters. The molecule has 28 heavy (non-hydrogen) atoms. The third-order valence-corrected chi connectivity index (χ3v) is 5.87. The zero-order valence-electron chi connectivity index (χ0n) is 15.4. The number of hydrogen-bond acceptors (Lipinski definition) is 4. The number of rotatable bonds is 4. The van der Waals surface area contributed by atoms with Gasteiger partial charge in [0.05, 0.1) is 18.2 Å². The molecule has 2 heterocycles. The monoisotopic (exact) mass is 400 g/mol. The third kappa shape index (κ3) is 3.70. The SMILES string of the molecule is OC[C@]1(Cc2ccc(F)cc2)CN(c2ccc3cc(Cl)ccc3n2)CC[C@@H]1O. The highest BCUT2D eigenvalue weighted by Gasteiger charge is 2.42. The first kappa shape index (κ1) is 19.1. The summed E-state index contributed by atoms with van der Waals surface area (Å²) < 4.78 is 13.2. The zero-order chi connectivity index (χ0) is 19.7. The predicted molar refractivity (Wildman–Crippen MR) is 109 cm³/mol. The number of aromatic nitrogens is 1. The Hall–Kier alpha value is -2.21. The first-order chi connectivity index (χ1) is 13.5. The lowest BCUT2D eigenvalue weighted by molar-refractivity contribution is -0.0292.